The molecule has 0 aliphatic rings. The SMILES string of the molecule is Cc1cc(Cl)cc(C(=O)Nc2cccc(C#CCN)n2)c1. The number of pyridine rings is 1. The van der Waals surface area contributed by atoms with Crippen molar-refractivity contribution < 1.29 is 4.79 Å². The van der Waals surface area contributed by atoms with E-state index >= 15 is 0 Å². The van der Waals surface area contributed by atoms with Gasteiger partial charge in [-0.05, 0) is 48.7 Å². The van der Waals surface area contributed by atoms with Gasteiger partial charge in [0.15, 0.2) is 0 Å². The van der Waals surface area contributed by atoms with Gasteiger partial charge in [0.05, 0.1) is 6.54 Å². The van der Waals surface area contributed by atoms with Crippen LogP contribution in [-0.2, 0) is 0 Å². The van der Waals surface area contributed by atoms with Crippen molar-refractivity contribution >= 4 is 23.3 Å². The van der Waals surface area contributed by atoms with E-state index < -0.39 is 0 Å². The van der Waals surface area contributed by atoms with Crippen LogP contribution in [0.15, 0.2) is 36.4 Å². The first-order valence-corrected chi connectivity index (χ1v) is 6.71. The summed E-state index contributed by atoms with van der Waals surface area (Å²) in [6.07, 6.45) is 0. The fourth-order valence-corrected chi connectivity index (χ4v) is 2.06. The Morgan fingerprint density at radius 3 is 2.90 bits per heavy atom. The number of aryl methyl sites for hydroxylation is 1. The molecule has 21 heavy (non-hydrogen) atoms. The maximum atomic E-state index is 12.2. The van der Waals surface area contributed by atoms with E-state index in [0.717, 1.165) is 5.56 Å². The zero-order valence-corrected chi connectivity index (χ0v) is 12.2. The third-order valence-corrected chi connectivity index (χ3v) is 2.83. The molecule has 4 nitrogen and oxygen atoms in total. The van der Waals surface area contributed by atoms with Gasteiger partial charge in [-0.1, -0.05) is 23.6 Å². The minimum Gasteiger partial charge on any atom is -0.320 e. The molecule has 0 bridgehead atoms. The Balaban J connectivity index is 2.19. The Morgan fingerprint density at radius 1 is 1.38 bits per heavy atom. The number of aromatic nitrogens is 1. The highest BCUT2D eigenvalue weighted by Crippen LogP contribution is 2.16. The lowest BCUT2D eigenvalue weighted by atomic mass is 10.1. The van der Waals surface area contributed by atoms with Crippen molar-refractivity contribution in [2.75, 3.05) is 11.9 Å². The molecule has 0 radical (unpaired) electrons. The fourth-order valence-electron chi connectivity index (χ4n) is 1.77. The molecular formula is C16H14ClN3O. The molecule has 1 amide bonds. The van der Waals surface area contributed by atoms with E-state index in [0.29, 0.717) is 22.1 Å². The zero-order chi connectivity index (χ0) is 15.2. The number of anilines is 1. The summed E-state index contributed by atoms with van der Waals surface area (Å²) >= 11 is 5.95. The lowest BCUT2D eigenvalue weighted by Gasteiger charge is -2.06. The third kappa shape index (κ3) is 4.32. The van der Waals surface area contributed by atoms with Crippen LogP contribution in [0.2, 0.25) is 5.02 Å². The quantitative estimate of drug-likeness (QED) is 0.838. The van der Waals surface area contributed by atoms with Crippen LogP contribution in [-0.4, -0.2) is 17.4 Å². The molecule has 106 valence electrons. The largest absolute Gasteiger partial charge is 0.320 e. The van der Waals surface area contributed by atoms with Gasteiger partial charge < -0.3 is 11.1 Å². The van der Waals surface area contributed by atoms with Crippen molar-refractivity contribution in [1.29, 1.82) is 0 Å². The van der Waals surface area contributed by atoms with Gasteiger partial charge >= 0.3 is 0 Å². The standard InChI is InChI=1S/C16H14ClN3O/c1-11-8-12(10-13(17)9-11)16(21)20-15-6-2-4-14(19-15)5-3-7-18/h2,4,6,8-10H,7,18H2,1H3,(H,19,20,21). The maximum absolute atomic E-state index is 12.2. The van der Waals surface area contributed by atoms with Crippen LogP contribution in [0.4, 0.5) is 5.82 Å². The topological polar surface area (TPSA) is 68.0 Å². The van der Waals surface area contributed by atoms with Crippen molar-refractivity contribution in [3.8, 4) is 11.8 Å². The summed E-state index contributed by atoms with van der Waals surface area (Å²) in [6.45, 7) is 2.14. The summed E-state index contributed by atoms with van der Waals surface area (Å²) in [7, 11) is 0. The molecule has 0 aliphatic carbocycles. The summed E-state index contributed by atoms with van der Waals surface area (Å²) in [5.41, 5.74) is 7.28. The van der Waals surface area contributed by atoms with E-state index in [4.69, 9.17) is 17.3 Å². The molecule has 2 aromatic rings. The van der Waals surface area contributed by atoms with Crippen LogP contribution in [0, 0.1) is 18.8 Å². The van der Waals surface area contributed by atoms with E-state index in [2.05, 4.69) is 22.1 Å². The smallest absolute Gasteiger partial charge is 0.256 e. The highest BCUT2D eigenvalue weighted by molar-refractivity contribution is 6.31. The average Bonchev–Trinajstić information content (AvgIpc) is 2.44. The first kappa shape index (κ1) is 15.0. The molecule has 5 heteroatoms. The van der Waals surface area contributed by atoms with Gasteiger partial charge in [0.25, 0.3) is 5.91 Å². The van der Waals surface area contributed by atoms with Gasteiger partial charge in [-0.3, -0.25) is 4.79 Å². The van der Waals surface area contributed by atoms with Crippen molar-refractivity contribution in [2.24, 2.45) is 5.73 Å². The van der Waals surface area contributed by atoms with Crippen molar-refractivity contribution in [1.82, 2.24) is 4.98 Å². The van der Waals surface area contributed by atoms with E-state index in [9.17, 15) is 4.79 Å². The minimum absolute atomic E-state index is 0.264. The van der Waals surface area contributed by atoms with Crippen molar-refractivity contribution in [2.45, 2.75) is 6.92 Å². The molecule has 2 rings (SSSR count). The molecule has 0 saturated heterocycles. The molecular weight excluding hydrogens is 286 g/mol. The number of nitrogens with zero attached hydrogens (tertiary/aromatic N) is 1. The Hall–Kier alpha value is -2.35. The molecule has 0 fully saturated rings. The molecule has 3 N–H and O–H groups in total. The second-order valence-electron chi connectivity index (χ2n) is 4.39. The predicted molar refractivity (Wildman–Crippen MR) is 84.3 cm³/mol. The number of hydrogen-bond donors (Lipinski definition) is 2. The lowest BCUT2D eigenvalue weighted by Crippen LogP contribution is -2.13. The number of nitrogens with two attached hydrogens (primary N) is 1. The van der Waals surface area contributed by atoms with E-state index in [-0.39, 0.29) is 12.5 Å². The monoisotopic (exact) mass is 299 g/mol. The van der Waals surface area contributed by atoms with Gasteiger partial charge in [0.1, 0.15) is 11.5 Å². The van der Waals surface area contributed by atoms with Crippen molar-refractivity contribution in [3.05, 3.63) is 58.2 Å². The lowest BCUT2D eigenvalue weighted by molar-refractivity contribution is 0.102. The second-order valence-corrected chi connectivity index (χ2v) is 4.82. The van der Waals surface area contributed by atoms with Gasteiger partial charge in [-0.15, -0.1) is 0 Å². The molecule has 0 spiro atoms. The van der Waals surface area contributed by atoms with Crippen LogP contribution in [0.5, 0.6) is 0 Å². The van der Waals surface area contributed by atoms with E-state index in [1.807, 2.05) is 6.92 Å². The summed E-state index contributed by atoms with van der Waals surface area (Å²) in [5.74, 6) is 5.70. The van der Waals surface area contributed by atoms with Crippen LogP contribution in [0.3, 0.4) is 0 Å². The summed E-state index contributed by atoms with van der Waals surface area (Å²) in [4.78, 5) is 16.4. The number of benzene rings is 1. The second kappa shape index (κ2) is 6.89. The number of halogens is 1. The van der Waals surface area contributed by atoms with Gasteiger partial charge in [0, 0.05) is 10.6 Å². The molecule has 0 atom stereocenters. The van der Waals surface area contributed by atoms with Crippen LogP contribution < -0.4 is 11.1 Å². The predicted octanol–water partition coefficient (Wildman–Crippen LogP) is 2.61. The van der Waals surface area contributed by atoms with Gasteiger partial charge in [-0.2, -0.15) is 0 Å². The Morgan fingerprint density at radius 2 is 2.19 bits per heavy atom. The Bertz CT molecular complexity index is 712. The minimum atomic E-state index is -0.267. The molecule has 0 aliphatic heterocycles. The number of amides is 1. The Labute approximate surface area is 128 Å². The van der Waals surface area contributed by atoms with Crippen LogP contribution in [0.1, 0.15) is 21.6 Å². The first-order chi connectivity index (χ1) is 10.1. The highest BCUT2D eigenvalue weighted by Gasteiger charge is 2.08. The fraction of sp³-hybridized carbons (Fsp3) is 0.125. The van der Waals surface area contributed by atoms with Gasteiger partial charge in [-0.25, -0.2) is 4.98 Å². The molecule has 1 aromatic carbocycles. The number of rotatable bonds is 2. The average molecular weight is 300 g/mol. The molecule has 0 saturated carbocycles. The normalized spacial score (nSPS) is 9.67. The molecule has 0 unspecified atom stereocenters. The summed E-state index contributed by atoms with van der Waals surface area (Å²) < 4.78 is 0. The van der Waals surface area contributed by atoms with Gasteiger partial charge in [0.2, 0.25) is 0 Å². The van der Waals surface area contributed by atoms with E-state index in [1.165, 1.54) is 0 Å². The zero-order valence-electron chi connectivity index (χ0n) is 11.5. The van der Waals surface area contributed by atoms with Crippen LogP contribution in [0.25, 0.3) is 0 Å². The Kier molecular flexibility index (Phi) is 4.94. The maximum Gasteiger partial charge on any atom is 0.256 e. The van der Waals surface area contributed by atoms with E-state index in [1.54, 1.807) is 36.4 Å². The third-order valence-electron chi connectivity index (χ3n) is 2.61. The number of carbonyl (C=O) groups is 1. The summed E-state index contributed by atoms with van der Waals surface area (Å²) in [6, 6.07) is 10.4. The highest BCUT2D eigenvalue weighted by atomic mass is 35.5. The number of hydrogen-bond acceptors (Lipinski definition) is 3. The number of carbonyl (C=O) groups excluding carboxylic acids is 1. The van der Waals surface area contributed by atoms with Crippen LogP contribution >= 0.6 is 11.6 Å². The first-order valence-electron chi connectivity index (χ1n) is 6.33. The number of nitrogens with one attached hydrogen (secondary N) is 1. The molecule has 1 heterocycles. The summed E-state index contributed by atoms with van der Waals surface area (Å²) in [5, 5.41) is 3.25. The molecule has 1 aromatic heterocycles. The van der Waals surface area contributed by atoms with Crippen molar-refractivity contribution in [3.63, 3.8) is 0 Å².